The summed E-state index contributed by atoms with van der Waals surface area (Å²) in [4.78, 5) is 11.9. The summed E-state index contributed by atoms with van der Waals surface area (Å²) in [5.74, 6) is -1.60. The standard InChI is InChI=1S/C12H17NO3S/c1-12(2,3)16-10(13)7-8(11(14)15)9-5-4-6-17-9/h4-6,8,13H,7H2,1-3H3,(H,14,15)/t8-/m0/s1. The number of rotatable bonds is 4. The third kappa shape index (κ3) is 4.56. The zero-order valence-corrected chi connectivity index (χ0v) is 11.0. The maximum absolute atomic E-state index is 11.2. The van der Waals surface area contributed by atoms with Gasteiger partial charge in [-0.1, -0.05) is 6.07 Å². The molecule has 0 bridgehead atoms. The second kappa shape index (κ2) is 5.31. The predicted molar refractivity (Wildman–Crippen MR) is 67.9 cm³/mol. The van der Waals surface area contributed by atoms with E-state index >= 15 is 0 Å². The van der Waals surface area contributed by atoms with E-state index in [4.69, 9.17) is 15.3 Å². The molecule has 0 saturated carbocycles. The Kier molecular flexibility index (Phi) is 4.28. The third-order valence-electron chi connectivity index (χ3n) is 2.00. The topological polar surface area (TPSA) is 70.4 Å². The molecular formula is C12H17NO3S. The molecule has 17 heavy (non-hydrogen) atoms. The fraction of sp³-hybridized carbons (Fsp3) is 0.500. The first kappa shape index (κ1) is 13.7. The van der Waals surface area contributed by atoms with Crippen molar-refractivity contribution >= 4 is 23.2 Å². The number of hydrogen-bond donors (Lipinski definition) is 2. The first-order chi connectivity index (χ1) is 7.79. The second-order valence-electron chi connectivity index (χ2n) is 4.75. The molecule has 1 aromatic heterocycles. The van der Waals surface area contributed by atoms with Gasteiger partial charge in [-0.05, 0) is 32.2 Å². The minimum absolute atomic E-state index is 0.0123. The van der Waals surface area contributed by atoms with Crippen molar-refractivity contribution in [2.75, 3.05) is 0 Å². The summed E-state index contributed by atoms with van der Waals surface area (Å²) in [6, 6.07) is 3.58. The Labute approximate surface area is 105 Å². The van der Waals surface area contributed by atoms with E-state index in [9.17, 15) is 4.79 Å². The van der Waals surface area contributed by atoms with Crippen LogP contribution in [0.1, 0.15) is 38.0 Å². The lowest BCUT2D eigenvalue weighted by Gasteiger charge is -2.22. The van der Waals surface area contributed by atoms with E-state index < -0.39 is 17.5 Å². The highest BCUT2D eigenvalue weighted by atomic mass is 32.1. The molecule has 5 heteroatoms. The van der Waals surface area contributed by atoms with Gasteiger partial charge in [0, 0.05) is 11.3 Å². The molecule has 1 atom stereocenters. The highest BCUT2D eigenvalue weighted by Crippen LogP contribution is 2.26. The van der Waals surface area contributed by atoms with E-state index in [0.717, 1.165) is 4.88 Å². The van der Waals surface area contributed by atoms with Crippen molar-refractivity contribution in [3.63, 3.8) is 0 Å². The van der Waals surface area contributed by atoms with Crippen molar-refractivity contribution in [2.24, 2.45) is 0 Å². The van der Waals surface area contributed by atoms with Gasteiger partial charge in [0.1, 0.15) is 5.60 Å². The van der Waals surface area contributed by atoms with Gasteiger partial charge in [0.05, 0.1) is 5.92 Å². The van der Waals surface area contributed by atoms with Crippen molar-refractivity contribution in [1.82, 2.24) is 0 Å². The molecule has 0 saturated heterocycles. The zero-order chi connectivity index (χ0) is 13.1. The Balaban J connectivity index is 2.69. The molecule has 2 N–H and O–H groups in total. The van der Waals surface area contributed by atoms with E-state index in [1.54, 1.807) is 6.07 Å². The smallest absolute Gasteiger partial charge is 0.312 e. The van der Waals surface area contributed by atoms with Crippen LogP contribution in [0.4, 0.5) is 0 Å². The highest BCUT2D eigenvalue weighted by Gasteiger charge is 2.25. The third-order valence-corrected chi connectivity index (χ3v) is 2.99. The Morgan fingerprint density at radius 1 is 1.59 bits per heavy atom. The maximum Gasteiger partial charge on any atom is 0.312 e. The Morgan fingerprint density at radius 3 is 2.65 bits per heavy atom. The normalized spacial score (nSPS) is 13.1. The predicted octanol–water partition coefficient (Wildman–Crippen LogP) is 3.10. The molecule has 1 heterocycles. The van der Waals surface area contributed by atoms with Crippen molar-refractivity contribution in [2.45, 2.75) is 38.7 Å². The molecule has 94 valence electrons. The minimum atomic E-state index is -0.922. The summed E-state index contributed by atoms with van der Waals surface area (Å²) < 4.78 is 5.34. The lowest BCUT2D eigenvalue weighted by atomic mass is 10.0. The van der Waals surface area contributed by atoms with Gasteiger partial charge >= 0.3 is 5.97 Å². The molecular weight excluding hydrogens is 238 g/mol. The Bertz CT molecular complexity index is 392. The number of carbonyl (C=O) groups is 1. The van der Waals surface area contributed by atoms with Gasteiger partial charge < -0.3 is 9.84 Å². The van der Waals surface area contributed by atoms with Gasteiger partial charge in [0.15, 0.2) is 5.90 Å². The van der Waals surface area contributed by atoms with Crippen LogP contribution in [0.25, 0.3) is 0 Å². The SMILES string of the molecule is CC(C)(C)OC(=N)C[C@H](C(=O)O)c1cccs1. The summed E-state index contributed by atoms with van der Waals surface area (Å²) in [7, 11) is 0. The second-order valence-corrected chi connectivity index (χ2v) is 5.73. The minimum Gasteiger partial charge on any atom is -0.481 e. The molecule has 0 radical (unpaired) electrons. The first-order valence-corrected chi connectivity index (χ1v) is 6.20. The molecule has 0 aliphatic heterocycles. The van der Waals surface area contributed by atoms with Crippen LogP contribution in [0.15, 0.2) is 17.5 Å². The van der Waals surface area contributed by atoms with E-state index in [1.807, 2.05) is 32.2 Å². The summed E-state index contributed by atoms with van der Waals surface area (Å²) >= 11 is 1.39. The monoisotopic (exact) mass is 255 g/mol. The van der Waals surface area contributed by atoms with E-state index in [-0.39, 0.29) is 12.3 Å². The van der Waals surface area contributed by atoms with Gasteiger partial charge in [-0.15, -0.1) is 11.3 Å². The number of ether oxygens (including phenoxy) is 1. The molecule has 0 aromatic carbocycles. The summed E-state index contributed by atoms with van der Waals surface area (Å²) in [5, 5.41) is 18.7. The van der Waals surface area contributed by atoms with E-state index in [1.165, 1.54) is 11.3 Å². The molecule has 1 rings (SSSR count). The molecule has 0 fully saturated rings. The average Bonchev–Trinajstić information content (AvgIpc) is 2.63. The zero-order valence-electron chi connectivity index (χ0n) is 10.2. The van der Waals surface area contributed by atoms with Crippen LogP contribution in [-0.2, 0) is 9.53 Å². The lowest BCUT2D eigenvalue weighted by Crippen LogP contribution is -2.26. The largest absolute Gasteiger partial charge is 0.481 e. The van der Waals surface area contributed by atoms with Crippen LogP contribution in [-0.4, -0.2) is 22.6 Å². The number of carboxylic acid groups (broad SMARTS) is 1. The number of carboxylic acids is 1. The Morgan fingerprint density at radius 2 is 2.24 bits per heavy atom. The highest BCUT2D eigenvalue weighted by molar-refractivity contribution is 7.10. The van der Waals surface area contributed by atoms with E-state index in [0.29, 0.717) is 0 Å². The first-order valence-electron chi connectivity index (χ1n) is 5.32. The Hall–Kier alpha value is -1.36. The van der Waals surface area contributed by atoms with Crippen LogP contribution < -0.4 is 0 Å². The van der Waals surface area contributed by atoms with Gasteiger partial charge in [0.25, 0.3) is 0 Å². The molecule has 0 spiro atoms. The van der Waals surface area contributed by atoms with Gasteiger partial charge in [-0.3, -0.25) is 10.2 Å². The van der Waals surface area contributed by atoms with Crippen molar-refractivity contribution in [3.8, 4) is 0 Å². The number of thiophene rings is 1. The number of aliphatic carboxylic acids is 1. The number of hydrogen-bond acceptors (Lipinski definition) is 4. The van der Waals surface area contributed by atoms with Crippen LogP contribution >= 0.6 is 11.3 Å². The lowest BCUT2D eigenvalue weighted by molar-refractivity contribution is -0.138. The van der Waals surface area contributed by atoms with Crippen LogP contribution in [0, 0.1) is 5.41 Å². The van der Waals surface area contributed by atoms with Crippen molar-refractivity contribution in [3.05, 3.63) is 22.4 Å². The van der Waals surface area contributed by atoms with Crippen molar-refractivity contribution < 1.29 is 14.6 Å². The fourth-order valence-electron chi connectivity index (χ4n) is 1.40. The molecule has 0 aliphatic rings. The molecule has 4 nitrogen and oxygen atoms in total. The number of nitrogens with one attached hydrogen (secondary N) is 1. The quantitative estimate of drug-likeness (QED) is 0.641. The molecule has 0 unspecified atom stereocenters. The van der Waals surface area contributed by atoms with Crippen molar-refractivity contribution in [1.29, 1.82) is 5.41 Å². The van der Waals surface area contributed by atoms with Crippen LogP contribution in [0.3, 0.4) is 0 Å². The van der Waals surface area contributed by atoms with Gasteiger partial charge in [0.2, 0.25) is 0 Å². The summed E-state index contributed by atoms with van der Waals surface area (Å²) in [6.45, 7) is 5.51. The van der Waals surface area contributed by atoms with Gasteiger partial charge in [-0.25, -0.2) is 0 Å². The fourth-order valence-corrected chi connectivity index (χ4v) is 2.22. The average molecular weight is 255 g/mol. The molecule has 0 amide bonds. The van der Waals surface area contributed by atoms with E-state index in [2.05, 4.69) is 0 Å². The summed E-state index contributed by atoms with van der Waals surface area (Å²) in [5.41, 5.74) is -0.463. The van der Waals surface area contributed by atoms with Gasteiger partial charge in [-0.2, -0.15) is 0 Å². The molecule has 1 aromatic rings. The van der Waals surface area contributed by atoms with Crippen LogP contribution in [0.2, 0.25) is 0 Å². The van der Waals surface area contributed by atoms with Crippen LogP contribution in [0.5, 0.6) is 0 Å². The molecule has 0 aliphatic carbocycles. The maximum atomic E-state index is 11.2. The summed E-state index contributed by atoms with van der Waals surface area (Å²) in [6.07, 6.45) is 0.0904.